The minimum Gasteiger partial charge on any atom is -0.489 e. The van der Waals surface area contributed by atoms with Crippen LogP contribution in [0, 0.1) is 0 Å². The van der Waals surface area contributed by atoms with Gasteiger partial charge in [-0.3, -0.25) is 14.5 Å². The SMILES string of the molecule is CC(=O)NC1S[C@@H]2C(Oc3cccc(COc4ccc(Br)cc4)c3)C(=O)N2C=C1C(=O)OC(c1ccccc1)c1ccccc1. The first-order chi connectivity index (χ1) is 21.9. The van der Waals surface area contributed by atoms with Crippen LogP contribution < -0.4 is 14.8 Å². The number of amides is 2. The summed E-state index contributed by atoms with van der Waals surface area (Å²) in [7, 11) is 0. The summed E-state index contributed by atoms with van der Waals surface area (Å²) in [6.45, 7) is 1.71. The van der Waals surface area contributed by atoms with Gasteiger partial charge in [0, 0.05) is 17.6 Å². The first-order valence-electron chi connectivity index (χ1n) is 14.3. The molecule has 2 unspecified atom stereocenters. The molecule has 45 heavy (non-hydrogen) atoms. The largest absolute Gasteiger partial charge is 0.489 e. The van der Waals surface area contributed by atoms with E-state index < -0.39 is 28.9 Å². The minimum absolute atomic E-state index is 0.169. The number of fused-ring (bicyclic) bond motifs is 1. The number of thioether (sulfide) groups is 1. The van der Waals surface area contributed by atoms with Crippen molar-refractivity contribution >= 4 is 45.5 Å². The topological polar surface area (TPSA) is 94.2 Å². The quantitative estimate of drug-likeness (QED) is 0.153. The monoisotopic (exact) mass is 684 g/mol. The van der Waals surface area contributed by atoms with E-state index in [4.69, 9.17) is 14.2 Å². The standard InChI is InChI=1S/C35H29BrN2O6S/c1-22(39)37-32-29(35(41)44-30(24-10-4-2-5-11-24)25-12-6-3-7-13-25)20-38-33(40)31(34(38)45-32)43-28-14-8-9-23(19-28)21-42-27-17-15-26(36)16-18-27/h2-20,30-32,34H,21H2,1H3,(H,37,39)/t31?,32?,34-/m1/s1. The van der Waals surface area contributed by atoms with E-state index in [0.717, 1.165) is 26.9 Å². The number of hydrogen-bond donors (Lipinski definition) is 1. The molecule has 2 heterocycles. The molecule has 3 atom stereocenters. The van der Waals surface area contributed by atoms with Crippen LogP contribution in [-0.2, 0) is 25.7 Å². The number of carbonyl (C=O) groups is 3. The maximum atomic E-state index is 13.7. The Labute approximate surface area is 273 Å². The van der Waals surface area contributed by atoms with E-state index in [9.17, 15) is 14.4 Å². The van der Waals surface area contributed by atoms with Crippen LogP contribution in [0.15, 0.2) is 125 Å². The molecule has 4 aromatic carbocycles. The van der Waals surface area contributed by atoms with Gasteiger partial charge in [-0.05, 0) is 53.1 Å². The molecule has 4 aromatic rings. The molecule has 8 nitrogen and oxygen atoms in total. The molecule has 6 rings (SSSR count). The molecule has 0 spiro atoms. The Morgan fingerprint density at radius 2 is 1.56 bits per heavy atom. The Bertz CT molecular complexity index is 1680. The van der Waals surface area contributed by atoms with Crippen LogP contribution in [0.25, 0.3) is 0 Å². The zero-order chi connectivity index (χ0) is 31.3. The molecular weight excluding hydrogens is 656 g/mol. The number of ether oxygens (including phenoxy) is 3. The van der Waals surface area contributed by atoms with Crippen molar-refractivity contribution in [1.29, 1.82) is 0 Å². The highest BCUT2D eigenvalue weighted by Gasteiger charge is 2.54. The number of β-lactam (4-membered cyclic amide) rings is 1. The van der Waals surface area contributed by atoms with Crippen molar-refractivity contribution in [2.24, 2.45) is 0 Å². The molecule has 1 fully saturated rings. The molecule has 0 aromatic heterocycles. The summed E-state index contributed by atoms with van der Waals surface area (Å²) in [4.78, 5) is 40.6. The second-order valence-corrected chi connectivity index (χ2v) is 12.6. The van der Waals surface area contributed by atoms with Gasteiger partial charge in [-0.25, -0.2) is 4.79 Å². The highest BCUT2D eigenvalue weighted by atomic mass is 79.9. The van der Waals surface area contributed by atoms with Crippen molar-refractivity contribution in [3.63, 3.8) is 0 Å². The summed E-state index contributed by atoms with van der Waals surface area (Å²) in [6, 6.07) is 33.8. The number of halogens is 1. The summed E-state index contributed by atoms with van der Waals surface area (Å²) in [5, 5.41) is 1.64. The van der Waals surface area contributed by atoms with E-state index in [1.807, 2.05) is 103 Å². The highest BCUT2D eigenvalue weighted by molar-refractivity contribution is 9.10. The van der Waals surface area contributed by atoms with Gasteiger partial charge in [0.2, 0.25) is 12.0 Å². The molecule has 2 aliphatic heterocycles. The maximum absolute atomic E-state index is 13.7. The Balaban J connectivity index is 1.17. The third-order valence-corrected chi connectivity index (χ3v) is 9.17. The fourth-order valence-electron chi connectivity index (χ4n) is 5.04. The van der Waals surface area contributed by atoms with Gasteiger partial charge < -0.3 is 19.5 Å². The number of benzene rings is 4. The van der Waals surface area contributed by atoms with E-state index in [2.05, 4.69) is 21.2 Å². The van der Waals surface area contributed by atoms with Gasteiger partial charge >= 0.3 is 5.97 Å². The summed E-state index contributed by atoms with van der Waals surface area (Å²) >= 11 is 4.67. The summed E-state index contributed by atoms with van der Waals surface area (Å²) in [5.74, 6) is 0.0106. The smallest absolute Gasteiger partial charge is 0.339 e. The van der Waals surface area contributed by atoms with Gasteiger partial charge in [0.25, 0.3) is 5.91 Å². The fraction of sp³-hybridized carbons (Fsp3) is 0.171. The number of carbonyl (C=O) groups excluding carboxylic acids is 3. The predicted octanol–water partition coefficient (Wildman–Crippen LogP) is 6.37. The zero-order valence-corrected chi connectivity index (χ0v) is 26.6. The molecule has 10 heteroatoms. The van der Waals surface area contributed by atoms with Crippen molar-refractivity contribution in [1.82, 2.24) is 10.2 Å². The number of nitrogens with zero attached hydrogens (tertiary/aromatic N) is 1. The Hall–Kier alpha value is -4.54. The Morgan fingerprint density at radius 1 is 0.889 bits per heavy atom. The van der Waals surface area contributed by atoms with Gasteiger partial charge in [-0.15, -0.1) is 11.8 Å². The van der Waals surface area contributed by atoms with Crippen LogP contribution in [0.5, 0.6) is 11.5 Å². The van der Waals surface area contributed by atoms with Crippen molar-refractivity contribution in [2.75, 3.05) is 0 Å². The molecule has 1 N–H and O–H groups in total. The lowest BCUT2D eigenvalue weighted by Crippen LogP contribution is -2.66. The molecular formula is C35H29BrN2O6S. The van der Waals surface area contributed by atoms with Gasteiger partial charge in [0.15, 0.2) is 6.10 Å². The van der Waals surface area contributed by atoms with Crippen LogP contribution in [0.2, 0.25) is 0 Å². The molecule has 1 saturated heterocycles. The van der Waals surface area contributed by atoms with E-state index in [1.54, 1.807) is 6.07 Å². The molecule has 0 aliphatic carbocycles. The van der Waals surface area contributed by atoms with Crippen LogP contribution in [0.3, 0.4) is 0 Å². The van der Waals surface area contributed by atoms with Crippen molar-refractivity contribution < 1.29 is 28.6 Å². The zero-order valence-electron chi connectivity index (χ0n) is 24.2. The normalized spacial score (nSPS) is 18.7. The maximum Gasteiger partial charge on any atom is 0.339 e. The molecule has 0 saturated carbocycles. The molecule has 228 valence electrons. The Kier molecular flexibility index (Phi) is 9.23. The van der Waals surface area contributed by atoms with E-state index in [1.165, 1.54) is 29.8 Å². The molecule has 0 bridgehead atoms. The molecule has 0 radical (unpaired) electrons. The number of hydrogen-bond acceptors (Lipinski definition) is 7. The van der Waals surface area contributed by atoms with Crippen LogP contribution in [0.1, 0.15) is 29.7 Å². The third-order valence-electron chi connectivity index (χ3n) is 7.25. The third kappa shape index (κ3) is 7.08. The fourth-order valence-corrected chi connectivity index (χ4v) is 6.73. The summed E-state index contributed by atoms with van der Waals surface area (Å²) < 4.78 is 19.0. The van der Waals surface area contributed by atoms with Crippen molar-refractivity contribution in [3.8, 4) is 11.5 Å². The lowest BCUT2D eigenvalue weighted by atomic mass is 10.0. The van der Waals surface area contributed by atoms with Gasteiger partial charge in [0.05, 0.1) is 5.57 Å². The van der Waals surface area contributed by atoms with Crippen molar-refractivity contribution in [3.05, 3.63) is 142 Å². The number of rotatable bonds is 10. The lowest BCUT2D eigenvalue weighted by molar-refractivity contribution is -0.151. The van der Waals surface area contributed by atoms with Crippen LogP contribution in [-0.4, -0.2) is 39.5 Å². The molecule has 2 aliphatic rings. The summed E-state index contributed by atoms with van der Waals surface area (Å²) in [5.41, 5.74) is 2.64. The second-order valence-electron chi connectivity index (χ2n) is 10.5. The number of nitrogens with one attached hydrogen (secondary N) is 1. The summed E-state index contributed by atoms with van der Waals surface area (Å²) in [6.07, 6.45) is -0.00393. The average Bonchev–Trinajstić information content (AvgIpc) is 3.06. The van der Waals surface area contributed by atoms with Crippen LogP contribution in [0.4, 0.5) is 0 Å². The minimum atomic E-state index is -0.802. The first-order valence-corrected chi connectivity index (χ1v) is 16.0. The van der Waals surface area contributed by atoms with Crippen LogP contribution >= 0.6 is 27.7 Å². The second kappa shape index (κ2) is 13.6. The van der Waals surface area contributed by atoms with E-state index >= 15 is 0 Å². The highest BCUT2D eigenvalue weighted by Crippen LogP contribution is 2.42. The first kappa shape index (κ1) is 30.5. The Morgan fingerprint density at radius 3 is 2.20 bits per heavy atom. The van der Waals surface area contributed by atoms with E-state index in [0.29, 0.717) is 12.4 Å². The van der Waals surface area contributed by atoms with Gasteiger partial charge in [-0.1, -0.05) is 88.7 Å². The van der Waals surface area contributed by atoms with Crippen molar-refractivity contribution in [2.45, 2.75) is 36.5 Å². The molecule has 2 amide bonds. The lowest BCUT2D eigenvalue weighted by Gasteiger charge is -2.48. The number of esters is 1. The van der Waals surface area contributed by atoms with E-state index in [-0.39, 0.29) is 17.4 Å². The van der Waals surface area contributed by atoms with Gasteiger partial charge in [-0.2, -0.15) is 0 Å². The predicted molar refractivity (Wildman–Crippen MR) is 174 cm³/mol. The van der Waals surface area contributed by atoms with Gasteiger partial charge in [0.1, 0.15) is 28.9 Å². The average molecular weight is 686 g/mol.